The summed E-state index contributed by atoms with van der Waals surface area (Å²) in [6.45, 7) is 8.12. The van der Waals surface area contributed by atoms with E-state index in [9.17, 15) is 9.59 Å². The van der Waals surface area contributed by atoms with E-state index in [0.717, 1.165) is 16.0 Å². The molecule has 0 saturated heterocycles. The first kappa shape index (κ1) is 15.6. The van der Waals surface area contributed by atoms with Crippen molar-refractivity contribution in [3.63, 3.8) is 0 Å². The Morgan fingerprint density at radius 3 is 2.63 bits per heavy atom. The van der Waals surface area contributed by atoms with Crippen LogP contribution in [0.15, 0.2) is 23.1 Å². The molecule has 1 aromatic rings. The van der Waals surface area contributed by atoms with Crippen LogP contribution in [0.3, 0.4) is 0 Å². The third-order valence-corrected chi connectivity index (χ3v) is 3.85. The summed E-state index contributed by atoms with van der Waals surface area (Å²) in [5.41, 5.74) is 2.29. The number of amides is 3. The Balaban J connectivity index is 2.63. The van der Waals surface area contributed by atoms with E-state index in [1.54, 1.807) is 13.8 Å². The summed E-state index contributed by atoms with van der Waals surface area (Å²) < 4.78 is 0. The highest BCUT2D eigenvalue weighted by Crippen LogP contribution is 2.27. The van der Waals surface area contributed by atoms with Crippen LogP contribution in [-0.4, -0.2) is 23.7 Å². The van der Waals surface area contributed by atoms with Gasteiger partial charge in [0.1, 0.15) is 0 Å². The summed E-state index contributed by atoms with van der Waals surface area (Å²) in [7, 11) is 0. The van der Waals surface area contributed by atoms with Gasteiger partial charge in [-0.1, -0.05) is 17.7 Å². The van der Waals surface area contributed by atoms with E-state index in [-0.39, 0.29) is 11.2 Å². The Morgan fingerprint density at radius 2 is 2.00 bits per heavy atom. The molecule has 0 aliphatic heterocycles. The fraction of sp³-hybridized carbons (Fsp3) is 0.429. The van der Waals surface area contributed by atoms with Gasteiger partial charge in [-0.15, -0.1) is 11.8 Å². The second-order valence-corrected chi connectivity index (χ2v) is 5.76. The Labute approximate surface area is 118 Å². The minimum absolute atomic E-state index is 0.281. The molecule has 0 fully saturated rings. The molecule has 0 spiro atoms. The maximum absolute atomic E-state index is 11.8. The van der Waals surface area contributed by atoms with E-state index < -0.39 is 6.03 Å². The first-order chi connectivity index (χ1) is 8.93. The molecule has 0 heterocycles. The van der Waals surface area contributed by atoms with Crippen molar-refractivity contribution in [1.82, 2.24) is 10.6 Å². The van der Waals surface area contributed by atoms with E-state index in [1.807, 2.05) is 26.0 Å². The summed E-state index contributed by atoms with van der Waals surface area (Å²) in [4.78, 5) is 24.2. The lowest BCUT2D eigenvalue weighted by Gasteiger charge is -2.13. The van der Waals surface area contributed by atoms with Gasteiger partial charge in [-0.3, -0.25) is 10.1 Å². The van der Waals surface area contributed by atoms with E-state index in [2.05, 4.69) is 16.7 Å². The smallest absolute Gasteiger partial charge is 0.321 e. The van der Waals surface area contributed by atoms with Crippen LogP contribution in [0.4, 0.5) is 4.79 Å². The number of imide groups is 1. The van der Waals surface area contributed by atoms with Gasteiger partial charge < -0.3 is 5.32 Å². The molecule has 0 aromatic heterocycles. The van der Waals surface area contributed by atoms with Gasteiger partial charge in [-0.25, -0.2) is 4.79 Å². The van der Waals surface area contributed by atoms with Crippen LogP contribution in [0.5, 0.6) is 0 Å². The minimum Gasteiger partial charge on any atom is -0.338 e. The van der Waals surface area contributed by atoms with Crippen molar-refractivity contribution in [2.45, 2.75) is 37.8 Å². The zero-order valence-corrected chi connectivity index (χ0v) is 12.6. The van der Waals surface area contributed by atoms with Crippen LogP contribution in [0.25, 0.3) is 0 Å². The SMILES string of the molecule is CCNC(=O)NC(=O)C(C)Sc1cc(C)ccc1C. The number of hydrogen-bond donors (Lipinski definition) is 2. The quantitative estimate of drug-likeness (QED) is 0.834. The summed E-state index contributed by atoms with van der Waals surface area (Å²) >= 11 is 1.46. The van der Waals surface area contributed by atoms with Gasteiger partial charge in [0.2, 0.25) is 5.91 Å². The molecule has 1 unspecified atom stereocenters. The fourth-order valence-electron chi connectivity index (χ4n) is 1.50. The van der Waals surface area contributed by atoms with Crippen molar-refractivity contribution in [3.8, 4) is 0 Å². The zero-order chi connectivity index (χ0) is 14.4. The number of urea groups is 1. The molecular weight excluding hydrogens is 260 g/mol. The monoisotopic (exact) mass is 280 g/mol. The van der Waals surface area contributed by atoms with E-state index >= 15 is 0 Å². The molecule has 104 valence electrons. The Hall–Kier alpha value is -1.49. The van der Waals surface area contributed by atoms with Crippen LogP contribution in [0, 0.1) is 13.8 Å². The molecule has 0 aliphatic rings. The minimum atomic E-state index is -0.444. The van der Waals surface area contributed by atoms with Gasteiger partial charge in [0.05, 0.1) is 5.25 Å². The van der Waals surface area contributed by atoms with Gasteiger partial charge in [-0.05, 0) is 39.3 Å². The number of carbonyl (C=O) groups is 2. The van der Waals surface area contributed by atoms with Crippen LogP contribution < -0.4 is 10.6 Å². The number of rotatable bonds is 4. The van der Waals surface area contributed by atoms with Crippen molar-refractivity contribution < 1.29 is 9.59 Å². The van der Waals surface area contributed by atoms with Gasteiger partial charge in [-0.2, -0.15) is 0 Å². The van der Waals surface area contributed by atoms with Gasteiger partial charge in [0.25, 0.3) is 0 Å². The van der Waals surface area contributed by atoms with Crippen molar-refractivity contribution in [2.24, 2.45) is 0 Å². The number of benzene rings is 1. The molecule has 1 aromatic carbocycles. The molecule has 4 nitrogen and oxygen atoms in total. The van der Waals surface area contributed by atoms with Gasteiger partial charge in [0.15, 0.2) is 0 Å². The Morgan fingerprint density at radius 1 is 1.32 bits per heavy atom. The predicted octanol–water partition coefficient (Wildman–Crippen LogP) is 2.63. The Bertz CT molecular complexity index is 475. The standard InChI is InChI=1S/C14H20N2O2S/c1-5-15-14(18)16-13(17)11(4)19-12-8-9(2)6-7-10(12)3/h6-8,11H,5H2,1-4H3,(H2,15,16,17,18). The molecule has 0 aliphatic carbocycles. The number of nitrogens with one attached hydrogen (secondary N) is 2. The number of hydrogen-bond acceptors (Lipinski definition) is 3. The second-order valence-electron chi connectivity index (χ2n) is 4.38. The highest BCUT2D eigenvalue weighted by atomic mass is 32.2. The largest absolute Gasteiger partial charge is 0.338 e. The number of aryl methyl sites for hydroxylation is 2. The maximum atomic E-state index is 11.8. The molecule has 1 atom stereocenters. The average Bonchev–Trinajstić information content (AvgIpc) is 2.34. The first-order valence-corrected chi connectivity index (χ1v) is 7.14. The highest BCUT2D eigenvalue weighted by molar-refractivity contribution is 8.00. The summed E-state index contributed by atoms with van der Waals surface area (Å²) in [5.74, 6) is -0.281. The third kappa shape index (κ3) is 4.95. The topological polar surface area (TPSA) is 58.2 Å². The molecule has 2 N–H and O–H groups in total. The molecular formula is C14H20N2O2S. The molecule has 19 heavy (non-hydrogen) atoms. The lowest BCUT2D eigenvalue weighted by Crippen LogP contribution is -2.42. The van der Waals surface area contributed by atoms with Crippen LogP contribution >= 0.6 is 11.8 Å². The van der Waals surface area contributed by atoms with E-state index in [4.69, 9.17) is 0 Å². The molecule has 0 bridgehead atoms. The fourth-order valence-corrected chi connectivity index (χ4v) is 2.55. The molecule has 0 saturated carbocycles. The lowest BCUT2D eigenvalue weighted by atomic mass is 10.2. The molecule has 1 rings (SSSR count). The average molecular weight is 280 g/mol. The molecule has 0 radical (unpaired) electrons. The summed E-state index contributed by atoms with van der Waals surface area (Å²) in [6, 6.07) is 5.68. The second kappa shape index (κ2) is 7.19. The third-order valence-electron chi connectivity index (χ3n) is 2.59. The van der Waals surface area contributed by atoms with Crippen molar-refractivity contribution in [3.05, 3.63) is 29.3 Å². The normalized spacial score (nSPS) is 11.8. The number of carbonyl (C=O) groups excluding carboxylic acids is 2. The van der Waals surface area contributed by atoms with E-state index in [0.29, 0.717) is 6.54 Å². The highest BCUT2D eigenvalue weighted by Gasteiger charge is 2.17. The molecule has 5 heteroatoms. The van der Waals surface area contributed by atoms with Gasteiger partial charge >= 0.3 is 6.03 Å². The van der Waals surface area contributed by atoms with Gasteiger partial charge in [0, 0.05) is 11.4 Å². The van der Waals surface area contributed by atoms with Crippen LogP contribution in [0.1, 0.15) is 25.0 Å². The van der Waals surface area contributed by atoms with Crippen LogP contribution in [-0.2, 0) is 4.79 Å². The van der Waals surface area contributed by atoms with Crippen molar-refractivity contribution in [2.75, 3.05) is 6.54 Å². The molecule has 3 amide bonds. The summed E-state index contributed by atoms with van der Waals surface area (Å²) in [5, 5.41) is 4.54. The van der Waals surface area contributed by atoms with Crippen molar-refractivity contribution >= 4 is 23.7 Å². The maximum Gasteiger partial charge on any atom is 0.321 e. The first-order valence-electron chi connectivity index (χ1n) is 6.26. The lowest BCUT2D eigenvalue weighted by molar-refractivity contribution is -0.119. The Kier molecular flexibility index (Phi) is 5.89. The van der Waals surface area contributed by atoms with Crippen LogP contribution in [0.2, 0.25) is 0 Å². The summed E-state index contributed by atoms with van der Waals surface area (Å²) in [6.07, 6.45) is 0. The van der Waals surface area contributed by atoms with E-state index in [1.165, 1.54) is 11.8 Å². The van der Waals surface area contributed by atoms with Crippen molar-refractivity contribution in [1.29, 1.82) is 0 Å². The predicted molar refractivity (Wildman–Crippen MR) is 78.5 cm³/mol. The zero-order valence-electron chi connectivity index (χ0n) is 11.7. The number of thioether (sulfide) groups is 1.